The highest BCUT2D eigenvalue weighted by Crippen LogP contribution is 2.26. The molecule has 1 aliphatic rings. The first-order chi connectivity index (χ1) is 10.9. The topological polar surface area (TPSA) is 62.7 Å². The molecule has 1 saturated heterocycles. The maximum absolute atomic E-state index is 13.0. The number of carbonyl (C=O) groups is 1. The second-order valence-corrected chi connectivity index (χ2v) is 6.30. The molecule has 0 spiro atoms. The number of fused-ring (bicyclic) bond motifs is 1. The average Bonchev–Trinajstić information content (AvgIpc) is 2.95. The van der Waals surface area contributed by atoms with Gasteiger partial charge in [0.1, 0.15) is 0 Å². The predicted molar refractivity (Wildman–Crippen MR) is 88.7 cm³/mol. The van der Waals surface area contributed by atoms with Crippen molar-refractivity contribution in [1.29, 1.82) is 0 Å². The monoisotopic (exact) mass is 314 g/mol. The van der Waals surface area contributed by atoms with Gasteiger partial charge in [0.25, 0.3) is 5.91 Å². The molecular weight excluding hydrogens is 292 g/mol. The number of ether oxygens (including phenoxy) is 1. The van der Waals surface area contributed by atoms with Gasteiger partial charge in [-0.05, 0) is 38.0 Å². The van der Waals surface area contributed by atoms with Gasteiger partial charge in [-0.1, -0.05) is 12.1 Å². The number of likely N-dealkylation sites (N-methyl/N-ethyl adjacent to an activating group) is 1. The Morgan fingerprint density at radius 2 is 2.04 bits per heavy atom. The molecule has 0 bridgehead atoms. The number of aliphatic hydroxyl groups is 1. The lowest BCUT2D eigenvalue weighted by atomic mass is 10.00. The van der Waals surface area contributed by atoms with Crippen molar-refractivity contribution in [2.45, 2.75) is 32.9 Å². The van der Waals surface area contributed by atoms with Crippen molar-refractivity contribution in [2.24, 2.45) is 0 Å². The molecule has 5 nitrogen and oxygen atoms in total. The van der Waals surface area contributed by atoms with Crippen LogP contribution in [0.25, 0.3) is 10.9 Å². The quantitative estimate of drug-likeness (QED) is 0.921. The van der Waals surface area contributed by atoms with Crippen molar-refractivity contribution >= 4 is 16.8 Å². The highest BCUT2D eigenvalue weighted by molar-refractivity contribution is 6.07. The third-order valence-electron chi connectivity index (χ3n) is 4.70. The van der Waals surface area contributed by atoms with Crippen molar-refractivity contribution in [3.8, 4) is 0 Å². The summed E-state index contributed by atoms with van der Waals surface area (Å²) in [5.41, 5.74) is 4.54. The lowest BCUT2D eigenvalue weighted by molar-refractivity contribution is 0.0583. The molecule has 1 amide bonds. The van der Waals surface area contributed by atoms with E-state index in [0.29, 0.717) is 12.2 Å². The number of aryl methyl sites for hydroxylation is 3. The zero-order valence-electron chi connectivity index (χ0n) is 14.0. The molecule has 0 radical (unpaired) electrons. The van der Waals surface area contributed by atoms with Crippen LogP contribution in [0.15, 0.2) is 18.2 Å². The molecule has 2 aromatic rings. The molecular formula is C18H22N2O3. The number of carbonyl (C=O) groups excluding carboxylic acids is 1. The lowest BCUT2D eigenvalue weighted by Crippen LogP contribution is -2.44. The number of hydrogen-bond donors (Lipinski definition) is 1. The van der Waals surface area contributed by atoms with E-state index >= 15 is 0 Å². The molecule has 23 heavy (non-hydrogen) atoms. The van der Waals surface area contributed by atoms with Gasteiger partial charge >= 0.3 is 0 Å². The van der Waals surface area contributed by atoms with Crippen LogP contribution in [0, 0.1) is 20.8 Å². The summed E-state index contributed by atoms with van der Waals surface area (Å²) in [7, 11) is 1.72. The largest absolute Gasteiger partial charge is 0.388 e. The van der Waals surface area contributed by atoms with E-state index in [1.165, 1.54) is 0 Å². The second kappa shape index (κ2) is 5.91. The highest BCUT2D eigenvalue weighted by Gasteiger charge is 2.33. The van der Waals surface area contributed by atoms with Crippen LogP contribution in [0.1, 0.15) is 27.2 Å². The molecule has 1 aromatic carbocycles. The molecule has 1 aliphatic heterocycles. The molecule has 5 heteroatoms. The van der Waals surface area contributed by atoms with Crippen molar-refractivity contribution in [3.63, 3.8) is 0 Å². The van der Waals surface area contributed by atoms with Crippen LogP contribution >= 0.6 is 0 Å². The van der Waals surface area contributed by atoms with Gasteiger partial charge in [0, 0.05) is 18.1 Å². The molecule has 0 unspecified atom stereocenters. The minimum Gasteiger partial charge on any atom is -0.388 e. The van der Waals surface area contributed by atoms with Gasteiger partial charge in [-0.15, -0.1) is 0 Å². The number of aliphatic hydroxyl groups excluding tert-OH is 1. The zero-order chi connectivity index (χ0) is 16.7. The Hall–Kier alpha value is -1.98. The van der Waals surface area contributed by atoms with Gasteiger partial charge in [-0.25, -0.2) is 0 Å². The van der Waals surface area contributed by atoms with E-state index in [1.807, 2.05) is 39.0 Å². The van der Waals surface area contributed by atoms with E-state index in [4.69, 9.17) is 4.74 Å². The van der Waals surface area contributed by atoms with Crippen LogP contribution in [0.4, 0.5) is 0 Å². The number of benzene rings is 1. The zero-order valence-corrected chi connectivity index (χ0v) is 14.0. The van der Waals surface area contributed by atoms with E-state index in [9.17, 15) is 9.90 Å². The van der Waals surface area contributed by atoms with E-state index in [0.717, 1.165) is 27.7 Å². The smallest absolute Gasteiger partial charge is 0.254 e. The first-order valence-electron chi connectivity index (χ1n) is 7.80. The lowest BCUT2D eigenvalue weighted by Gasteiger charge is -2.26. The Morgan fingerprint density at radius 1 is 1.30 bits per heavy atom. The summed E-state index contributed by atoms with van der Waals surface area (Å²) in [6, 6.07) is 5.47. The number of rotatable bonds is 2. The number of amides is 1. The van der Waals surface area contributed by atoms with Crippen molar-refractivity contribution < 1.29 is 14.6 Å². The van der Waals surface area contributed by atoms with Crippen LogP contribution in [0.3, 0.4) is 0 Å². The fourth-order valence-electron chi connectivity index (χ4n) is 3.08. The standard InChI is InChI=1S/C18H22N2O3/c1-10-5-6-13-14(7-11(2)19-17(13)12(10)3)18(22)20(4)15-8-23-9-16(15)21/h5-7,15-16,21H,8-9H2,1-4H3/t15-,16-/m1/s1. The number of hydrogen-bond acceptors (Lipinski definition) is 4. The number of aromatic nitrogens is 1. The average molecular weight is 314 g/mol. The van der Waals surface area contributed by atoms with Crippen molar-refractivity contribution in [3.05, 3.63) is 40.6 Å². The van der Waals surface area contributed by atoms with E-state index in [2.05, 4.69) is 4.98 Å². The SMILES string of the molecule is Cc1cc(C(=O)N(C)[C@@H]2COC[C@H]2O)c2ccc(C)c(C)c2n1. The van der Waals surface area contributed by atoms with Crippen LogP contribution in [-0.2, 0) is 4.74 Å². The number of pyridine rings is 1. The third kappa shape index (κ3) is 2.71. The molecule has 0 saturated carbocycles. The van der Waals surface area contributed by atoms with E-state index in [-0.39, 0.29) is 18.6 Å². The van der Waals surface area contributed by atoms with Gasteiger partial charge < -0.3 is 14.7 Å². The first kappa shape index (κ1) is 15.9. The molecule has 122 valence electrons. The van der Waals surface area contributed by atoms with E-state index < -0.39 is 6.10 Å². The Labute approximate surface area is 135 Å². The molecule has 2 heterocycles. The second-order valence-electron chi connectivity index (χ2n) is 6.30. The van der Waals surface area contributed by atoms with Gasteiger partial charge in [0.05, 0.1) is 36.4 Å². The summed E-state index contributed by atoms with van der Waals surface area (Å²) in [5, 5.41) is 10.8. The van der Waals surface area contributed by atoms with Gasteiger partial charge in [0.15, 0.2) is 0 Å². The Morgan fingerprint density at radius 3 is 2.70 bits per heavy atom. The van der Waals surface area contributed by atoms with Crippen LogP contribution in [0.5, 0.6) is 0 Å². The minimum absolute atomic E-state index is 0.113. The van der Waals surface area contributed by atoms with Crippen LogP contribution < -0.4 is 0 Å². The van der Waals surface area contributed by atoms with Crippen LogP contribution in [-0.4, -0.2) is 53.3 Å². The molecule has 1 aromatic heterocycles. The van der Waals surface area contributed by atoms with Crippen LogP contribution in [0.2, 0.25) is 0 Å². The summed E-state index contributed by atoms with van der Waals surface area (Å²) < 4.78 is 5.27. The first-order valence-corrected chi connectivity index (χ1v) is 7.80. The molecule has 2 atom stereocenters. The summed E-state index contributed by atoms with van der Waals surface area (Å²) in [5.74, 6) is -0.113. The van der Waals surface area contributed by atoms with Gasteiger partial charge in [0.2, 0.25) is 0 Å². The fourth-order valence-corrected chi connectivity index (χ4v) is 3.08. The normalized spacial score (nSPS) is 20.9. The molecule has 1 N–H and O–H groups in total. The predicted octanol–water partition coefficient (Wildman–Crippen LogP) is 1.99. The third-order valence-corrected chi connectivity index (χ3v) is 4.70. The van der Waals surface area contributed by atoms with E-state index in [1.54, 1.807) is 11.9 Å². The summed E-state index contributed by atoms with van der Waals surface area (Å²) in [6.45, 7) is 6.60. The summed E-state index contributed by atoms with van der Waals surface area (Å²) >= 11 is 0. The Kier molecular flexibility index (Phi) is 4.08. The maximum atomic E-state index is 13.0. The van der Waals surface area contributed by atoms with Crippen molar-refractivity contribution in [1.82, 2.24) is 9.88 Å². The van der Waals surface area contributed by atoms with Gasteiger partial charge in [-0.3, -0.25) is 9.78 Å². The maximum Gasteiger partial charge on any atom is 0.254 e. The molecule has 3 rings (SSSR count). The number of nitrogens with zero attached hydrogens (tertiary/aromatic N) is 2. The molecule has 0 aliphatic carbocycles. The fraction of sp³-hybridized carbons (Fsp3) is 0.444. The highest BCUT2D eigenvalue weighted by atomic mass is 16.5. The minimum atomic E-state index is -0.637. The summed E-state index contributed by atoms with van der Waals surface area (Å²) in [4.78, 5) is 19.2. The molecule has 1 fully saturated rings. The summed E-state index contributed by atoms with van der Waals surface area (Å²) in [6.07, 6.45) is -0.637. The van der Waals surface area contributed by atoms with Gasteiger partial charge in [-0.2, -0.15) is 0 Å². The van der Waals surface area contributed by atoms with Crippen molar-refractivity contribution in [2.75, 3.05) is 20.3 Å². The Bertz CT molecular complexity index is 772. The Balaban J connectivity index is 2.08.